The number of aldehydes is 1. The van der Waals surface area contributed by atoms with Gasteiger partial charge in [-0.1, -0.05) is 42.5 Å². The number of nitrogens with zero attached hydrogens (tertiary/aromatic N) is 4. The Labute approximate surface area is 346 Å². The number of ketones is 2. The molecule has 4 heterocycles. The molecular weight excluding hydrogens is 798 g/mol. The predicted octanol–water partition coefficient (Wildman–Crippen LogP) is -0.370. The van der Waals surface area contributed by atoms with Gasteiger partial charge in [-0.3, -0.25) is 19.4 Å². The highest BCUT2D eigenvalue weighted by molar-refractivity contribution is 6.72. The summed E-state index contributed by atoms with van der Waals surface area (Å²) < 4.78 is 25.0. The average molecular weight is 840 g/mol. The highest BCUT2D eigenvalue weighted by Crippen LogP contribution is 2.51. The lowest BCUT2D eigenvalue weighted by molar-refractivity contribution is -0.323. The topological polar surface area (TPSA) is 293 Å². The Morgan fingerprint density at radius 3 is 2.46 bits per heavy atom. The Balaban J connectivity index is 1.45. The van der Waals surface area contributed by atoms with Crippen LogP contribution in [0.1, 0.15) is 68.2 Å². The number of anilines is 1. The van der Waals surface area contributed by atoms with Crippen LogP contribution >= 0.6 is 0 Å². The first-order valence-corrected chi connectivity index (χ1v) is 19.4. The van der Waals surface area contributed by atoms with Crippen molar-refractivity contribution in [3.05, 3.63) is 99.8 Å². The maximum absolute atomic E-state index is 14.6. The van der Waals surface area contributed by atoms with E-state index in [9.17, 15) is 49.8 Å². The fourth-order valence-corrected chi connectivity index (χ4v) is 8.23. The number of nitrogens with two attached hydrogens (primary N) is 1. The maximum Gasteiger partial charge on any atom is 0.302 e. The number of aliphatic hydroxyl groups excluding tert-OH is 5. The van der Waals surface area contributed by atoms with Crippen molar-refractivity contribution >= 4 is 47.0 Å². The van der Waals surface area contributed by atoms with Crippen molar-refractivity contribution in [3.8, 4) is 11.5 Å². The van der Waals surface area contributed by atoms with Crippen molar-refractivity contribution in [3.63, 3.8) is 0 Å². The number of para-hydroxylation sites is 1. The number of amidine groups is 1. The molecule has 19 nitrogen and oxygen atoms in total. The van der Waals surface area contributed by atoms with E-state index in [0.29, 0.717) is 23.1 Å². The second kappa shape index (κ2) is 16.7. The molecule has 5 aliphatic rings. The van der Waals surface area contributed by atoms with Gasteiger partial charge in [-0.25, -0.2) is 0 Å². The number of hydrogen-bond acceptors (Lipinski definition) is 18. The van der Waals surface area contributed by atoms with Crippen LogP contribution in [-0.2, 0) is 19.1 Å². The summed E-state index contributed by atoms with van der Waals surface area (Å²) in [7, 11) is 0. The molecule has 0 saturated carbocycles. The third-order valence-electron chi connectivity index (χ3n) is 11.2. The quantitative estimate of drug-likeness (QED) is 0.0949. The van der Waals surface area contributed by atoms with Crippen LogP contribution < -0.4 is 20.1 Å². The number of benzene rings is 3. The van der Waals surface area contributed by atoms with Crippen molar-refractivity contribution in [2.45, 2.75) is 61.5 Å². The fourth-order valence-electron chi connectivity index (χ4n) is 8.23. The third-order valence-corrected chi connectivity index (χ3v) is 11.2. The van der Waals surface area contributed by atoms with Gasteiger partial charge in [0.25, 0.3) is 0 Å². The Bertz CT molecular complexity index is 2430. The van der Waals surface area contributed by atoms with Crippen LogP contribution in [0.3, 0.4) is 0 Å². The molecule has 0 aromatic heterocycles. The van der Waals surface area contributed by atoms with E-state index in [1.807, 2.05) is 0 Å². The molecule has 7 unspecified atom stereocenters. The van der Waals surface area contributed by atoms with Gasteiger partial charge in [0, 0.05) is 59.9 Å². The monoisotopic (exact) mass is 839 g/mol. The molecule has 8 N–H and O–H groups in total. The Kier molecular flexibility index (Phi) is 11.4. The number of aliphatic hydroxyl groups is 6. The molecule has 0 spiro atoms. The van der Waals surface area contributed by atoms with Crippen molar-refractivity contribution in [1.29, 1.82) is 0 Å². The number of aliphatic imine (C=N–C) groups is 3. The van der Waals surface area contributed by atoms with Crippen LogP contribution in [-0.4, -0.2) is 141 Å². The van der Waals surface area contributed by atoms with Crippen molar-refractivity contribution in [2.75, 3.05) is 38.0 Å². The summed E-state index contributed by atoms with van der Waals surface area (Å²) >= 11 is 0. The molecule has 19 heteroatoms. The summed E-state index contributed by atoms with van der Waals surface area (Å²) in [5.74, 6) is -4.11. The number of rotatable bonds is 11. The minimum absolute atomic E-state index is 0.0193. The number of hydrogen-bond donors (Lipinski definition) is 7. The van der Waals surface area contributed by atoms with Crippen LogP contribution in [0.5, 0.6) is 11.5 Å². The lowest BCUT2D eigenvalue weighted by atomic mass is 9.77. The molecule has 7 atom stereocenters. The van der Waals surface area contributed by atoms with Crippen LogP contribution in [0.15, 0.2) is 81.4 Å². The number of carbonyl (C=O) groups excluding carboxylic acids is 4. The largest absolute Gasteiger partial charge is 0.498 e. The van der Waals surface area contributed by atoms with Gasteiger partial charge in [0.15, 0.2) is 40.2 Å². The second-order valence-corrected chi connectivity index (χ2v) is 14.9. The van der Waals surface area contributed by atoms with Crippen molar-refractivity contribution in [1.82, 2.24) is 0 Å². The van der Waals surface area contributed by atoms with Gasteiger partial charge in [0.1, 0.15) is 44.5 Å². The van der Waals surface area contributed by atoms with E-state index in [0.717, 1.165) is 0 Å². The molecular formula is C42H41N5O14. The minimum Gasteiger partial charge on any atom is -0.498 e. The zero-order valence-corrected chi connectivity index (χ0v) is 32.3. The summed E-state index contributed by atoms with van der Waals surface area (Å²) in [4.78, 5) is 67.5. The Morgan fingerprint density at radius 1 is 0.984 bits per heavy atom. The Hall–Kier alpha value is -6.19. The first-order valence-electron chi connectivity index (χ1n) is 19.4. The highest BCUT2D eigenvalue weighted by Gasteiger charge is 2.57. The second-order valence-electron chi connectivity index (χ2n) is 14.9. The van der Waals surface area contributed by atoms with Gasteiger partial charge in [0.05, 0.1) is 17.9 Å². The zero-order chi connectivity index (χ0) is 43.2. The van der Waals surface area contributed by atoms with Crippen LogP contribution in [0.2, 0.25) is 0 Å². The van der Waals surface area contributed by atoms with E-state index in [2.05, 4.69) is 15.0 Å². The lowest BCUT2D eigenvalue weighted by Crippen LogP contribution is -2.68. The third kappa shape index (κ3) is 7.18. The lowest BCUT2D eigenvalue weighted by Gasteiger charge is -2.47. The van der Waals surface area contributed by atoms with Crippen LogP contribution in [0, 0.1) is 0 Å². The van der Waals surface area contributed by atoms with Gasteiger partial charge in [0.2, 0.25) is 12.2 Å². The standard InChI is InChI=1S/C42H41N5O14/c43-41-45-38-31(39(56)46-41)44-19-47(38)27-8-4-3-7-24(27)29-20(9-12-48)16-58-18-28-34(54)37(55)42(57,11-14-50)40(60-28)61-35-26(29)15-25-30(36(35)59-17-21(51)10-13-49)33(53)23-6-2-1-5-22(23)32(25)52/h1-8,13,15-16,21,28-29,34,37,40,48,50-51,54-55,57H,9-12,14,17-19H2,(H2,43,46,56). The van der Waals surface area contributed by atoms with Gasteiger partial charge in [-0.15, -0.1) is 0 Å². The summed E-state index contributed by atoms with van der Waals surface area (Å²) in [5.41, 5.74) is 4.15. The summed E-state index contributed by atoms with van der Waals surface area (Å²) in [6.07, 6.45) is -7.81. The van der Waals surface area contributed by atoms with Gasteiger partial charge >= 0.3 is 5.91 Å². The van der Waals surface area contributed by atoms with E-state index >= 15 is 0 Å². The minimum atomic E-state index is -2.53. The fraction of sp³-hybridized carbons (Fsp3) is 0.357. The first kappa shape index (κ1) is 41.5. The molecule has 61 heavy (non-hydrogen) atoms. The predicted molar refractivity (Wildman–Crippen MR) is 213 cm³/mol. The van der Waals surface area contributed by atoms with E-state index in [1.54, 1.807) is 41.3 Å². The Morgan fingerprint density at radius 2 is 1.72 bits per heavy atom. The molecule has 1 fully saturated rings. The number of ether oxygens (including phenoxy) is 4. The highest BCUT2D eigenvalue weighted by atomic mass is 16.7. The van der Waals surface area contributed by atoms with Crippen molar-refractivity contribution in [2.24, 2.45) is 20.7 Å². The maximum atomic E-state index is 14.6. The van der Waals surface area contributed by atoms with Crippen LogP contribution in [0.4, 0.5) is 5.69 Å². The average Bonchev–Trinajstić information content (AvgIpc) is 3.66. The summed E-state index contributed by atoms with van der Waals surface area (Å²) in [6.45, 7) is -2.32. The van der Waals surface area contributed by atoms with E-state index in [-0.39, 0.29) is 70.6 Å². The number of amides is 1. The van der Waals surface area contributed by atoms with E-state index in [1.165, 1.54) is 24.5 Å². The summed E-state index contributed by atoms with van der Waals surface area (Å²) in [5, 5.41) is 66.2. The molecule has 3 aromatic carbocycles. The SMILES string of the molecule is NC1=NC(=O)C2=NCN(c3ccccc3C3C(CCO)=COCC4OC(Oc5c3cc3c(c5OCC(O)CC=O)C(=O)c5ccccc5C3=O)C(O)(CCO)C(O)C4O)C2=N1. The number of fused-ring (bicyclic) bond motifs is 6. The number of guanidine groups is 1. The molecule has 0 radical (unpaired) electrons. The molecule has 1 aliphatic carbocycles. The molecule has 4 aliphatic heterocycles. The zero-order valence-electron chi connectivity index (χ0n) is 32.3. The normalized spacial score (nSPS) is 26.1. The molecule has 1 saturated heterocycles. The van der Waals surface area contributed by atoms with Gasteiger partial charge < -0.3 is 65.0 Å². The molecule has 2 bridgehead atoms. The smallest absolute Gasteiger partial charge is 0.302 e. The van der Waals surface area contributed by atoms with E-state index in [4.69, 9.17) is 24.7 Å². The van der Waals surface area contributed by atoms with Gasteiger partial charge in [-0.05, 0) is 29.7 Å². The van der Waals surface area contributed by atoms with E-state index < -0.39 is 98.3 Å². The van der Waals surface area contributed by atoms with Crippen molar-refractivity contribution < 1.29 is 68.8 Å². The first-order chi connectivity index (χ1) is 29.4. The van der Waals surface area contributed by atoms with Crippen LogP contribution in [0.25, 0.3) is 0 Å². The molecule has 8 rings (SSSR count). The number of carbonyl (C=O) groups is 4. The molecule has 1 amide bonds. The van der Waals surface area contributed by atoms with Gasteiger partial charge in [-0.2, -0.15) is 9.98 Å². The molecule has 3 aromatic rings. The summed E-state index contributed by atoms with van der Waals surface area (Å²) in [6, 6.07) is 14.3. The molecule has 318 valence electrons.